The number of hydrogen-bond donors (Lipinski definition) is 0. The molecule has 0 N–H and O–H groups in total. The van der Waals surface area contributed by atoms with Crippen molar-refractivity contribution in [2.24, 2.45) is 0 Å². The normalized spacial score (nSPS) is 10.5. The number of carbonyl (C=O) groups excluding carboxylic acids is 8. The van der Waals surface area contributed by atoms with Crippen LogP contribution in [0, 0.1) is 24.4 Å². The van der Waals surface area contributed by atoms with E-state index in [1.165, 1.54) is 39.1 Å². The van der Waals surface area contributed by atoms with Crippen molar-refractivity contribution in [2.45, 2.75) is 86.0 Å². The molecule has 12 rings (SSSR count). The number of rotatable bonds is 24. The molecule has 0 atom stereocenters. The van der Waals surface area contributed by atoms with E-state index >= 15 is 0 Å². The van der Waals surface area contributed by atoms with Crippen LogP contribution < -0.4 is 19.6 Å². The molecule has 7 aromatic heterocycles. The van der Waals surface area contributed by atoms with Crippen LogP contribution in [0.3, 0.4) is 0 Å². The molecule has 0 aliphatic heterocycles. The molecule has 12 aromatic rings. The fourth-order valence-electron chi connectivity index (χ4n) is 11.7. The lowest BCUT2D eigenvalue weighted by molar-refractivity contribution is -0.118. The lowest BCUT2D eigenvalue weighted by atomic mass is 9.99. The number of halogens is 3. The second-order valence-corrected chi connectivity index (χ2v) is 25.9. The van der Waals surface area contributed by atoms with Gasteiger partial charge in [0, 0.05) is 187 Å². The molecule has 0 aliphatic rings. The van der Waals surface area contributed by atoms with Crippen LogP contribution in [0.2, 0.25) is 0 Å². The van der Waals surface area contributed by atoms with E-state index in [1.807, 2.05) is 68.4 Å². The Bertz CT molecular complexity index is 4600. The number of benzene rings is 5. The third-order valence-electron chi connectivity index (χ3n) is 18.3. The highest BCUT2D eigenvalue weighted by Gasteiger charge is 2.21. The van der Waals surface area contributed by atoms with Gasteiger partial charge in [-0.05, 0) is 179 Å². The summed E-state index contributed by atoms with van der Waals surface area (Å²) in [4.78, 5) is 131. The van der Waals surface area contributed by atoms with Crippen molar-refractivity contribution >= 4 is 69.5 Å². The summed E-state index contributed by atoms with van der Waals surface area (Å²) in [7, 11) is 6.45. The zero-order valence-electron chi connectivity index (χ0n) is 63.6. The smallest absolute Gasteiger partial charge is 0.226 e. The van der Waals surface area contributed by atoms with Gasteiger partial charge in [-0.2, -0.15) is 0 Å². The minimum Gasteiger partial charge on any atom is -0.315 e. The first-order chi connectivity index (χ1) is 54.0. The van der Waals surface area contributed by atoms with Crippen molar-refractivity contribution in [2.75, 3.05) is 47.8 Å². The number of carbonyl (C=O) groups is 8. The van der Waals surface area contributed by atoms with E-state index in [0.29, 0.717) is 88.9 Å². The SMILES string of the molecule is CCC(=O)N(C)c1ccc(-c2ccc(C(=O)Cc3ccncc3)cc2)cc1F.CCC(=O)N(C)c1ccc(-c2ccc(C(=O)Cc3ccncc3)cn2)cc1C.CCC(=O)N(C)c1ccc(-c2ccc(C(=O)Cc3ccncc3)cn2)cc1F.CCC(=O)N(C)c1ccc(-c2ccc(C(=O)Cc3ccncc3)nc2)cc1F. The monoisotopic (exact) mass is 1500 g/mol. The molecule has 0 saturated carbocycles. The Morgan fingerprint density at radius 1 is 0.295 bits per heavy atom. The van der Waals surface area contributed by atoms with Crippen LogP contribution in [0.4, 0.5) is 35.9 Å². The first-order valence-corrected chi connectivity index (χ1v) is 36.2. The van der Waals surface area contributed by atoms with Crippen LogP contribution in [0.25, 0.3) is 44.8 Å². The summed E-state index contributed by atoms with van der Waals surface area (Å²) < 4.78 is 43.4. The van der Waals surface area contributed by atoms with Crippen LogP contribution in [-0.4, -0.2) is 110 Å². The van der Waals surface area contributed by atoms with E-state index in [2.05, 4.69) is 34.9 Å². The quantitative estimate of drug-likeness (QED) is 0.0511. The number of anilines is 4. The number of Topliss-reactive ketones (excluding diaryl/α,β-unsaturated/α-hetero) is 4. The van der Waals surface area contributed by atoms with Gasteiger partial charge in [0.15, 0.2) is 23.1 Å². The van der Waals surface area contributed by atoms with E-state index in [4.69, 9.17) is 0 Å². The van der Waals surface area contributed by atoms with Gasteiger partial charge in [-0.15, -0.1) is 0 Å². The average molecular weight is 1500 g/mol. The van der Waals surface area contributed by atoms with E-state index in [-0.39, 0.29) is 76.7 Å². The maximum Gasteiger partial charge on any atom is 0.226 e. The highest BCUT2D eigenvalue weighted by atomic mass is 19.1. The summed E-state index contributed by atoms with van der Waals surface area (Å²) in [6, 6.07) is 51.9. The van der Waals surface area contributed by atoms with E-state index < -0.39 is 17.5 Å². The van der Waals surface area contributed by atoms with Crippen molar-refractivity contribution in [3.8, 4) is 44.8 Å². The molecule has 0 radical (unpaired) electrons. The molecular formula is C90H84F3N11O8. The summed E-state index contributed by atoms with van der Waals surface area (Å²) in [5, 5.41) is 0. The number of amides is 4. The summed E-state index contributed by atoms with van der Waals surface area (Å²) in [6.45, 7) is 9.03. The predicted molar refractivity (Wildman–Crippen MR) is 429 cm³/mol. The largest absolute Gasteiger partial charge is 0.315 e. The molecule has 0 spiro atoms. The minimum atomic E-state index is -0.499. The van der Waals surface area contributed by atoms with Gasteiger partial charge < -0.3 is 19.6 Å². The molecule has 0 unspecified atom stereocenters. The van der Waals surface area contributed by atoms with E-state index in [9.17, 15) is 51.5 Å². The lowest BCUT2D eigenvalue weighted by Gasteiger charge is -2.19. The van der Waals surface area contributed by atoms with Gasteiger partial charge in [-0.1, -0.05) is 82.3 Å². The van der Waals surface area contributed by atoms with Gasteiger partial charge in [0.1, 0.15) is 23.1 Å². The van der Waals surface area contributed by atoms with Crippen molar-refractivity contribution in [1.82, 2.24) is 34.9 Å². The topological polar surface area (TPSA) is 240 Å². The molecule has 0 bridgehead atoms. The van der Waals surface area contributed by atoms with Gasteiger partial charge in [-0.3, -0.25) is 73.2 Å². The van der Waals surface area contributed by atoms with Gasteiger partial charge >= 0.3 is 0 Å². The van der Waals surface area contributed by atoms with E-state index in [0.717, 1.165) is 50.3 Å². The van der Waals surface area contributed by atoms with Crippen molar-refractivity contribution < 1.29 is 51.5 Å². The highest BCUT2D eigenvalue weighted by molar-refractivity contribution is 6.01. The third-order valence-corrected chi connectivity index (χ3v) is 18.3. The molecule has 5 aromatic carbocycles. The summed E-state index contributed by atoms with van der Waals surface area (Å²) in [5.74, 6) is -1.95. The number of aryl methyl sites for hydroxylation is 1. The molecule has 4 amide bonds. The summed E-state index contributed by atoms with van der Waals surface area (Å²) in [6.07, 6.45) is 20.5. The summed E-state index contributed by atoms with van der Waals surface area (Å²) in [5.41, 5.74) is 13.9. The van der Waals surface area contributed by atoms with Gasteiger partial charge in [0.05, 0.1) is 28.5 Å². The van der Waals surface area contributed by atoms with Crippen LogP contribution in [0.15, 0.2) is 250 Å². The van der Waals surface area contributed by atoms with Crippen LogP contribution in [-0.2, 0) is 44.9 Å². The molecule has 0 saturated heterocycles. The molecule has 0 aliphatic carbocycles. The number of ketones is 4. The molecule has 112 heavy (non-hydrogen) atoms. The molecule has 22 heteroatoms. The highest BCUT2D eigenvalue weighted by Crippen LogP contribution is 2.32. The zero-order chi connectivity index (χ0) is 80.4. The molecule has 7 heterocycles. The molecule has 0 fully saturated rings. The predicted octanol–water partition coefficient (Wildman–Crippen LogP) is 17.1. The number of hydrogen-bond acceptors (Lipinski definition) is 15. The molecule has 568 valence electrons. The van der Waals surface area contributed by atoms with Crippen molar-refractivity contribution in [3.63, 3.8) is 0 Å². The van der Waals surface area contributed by atoms with Gasteiger partial charge in [0.25, 0.3) is 0 Å². The Morgan fingerprint density at radius 2 is 0.589 bits per heavy atom. The second kappa shape index (κ2) is 40.1. The Labute approximate surface area is 649 Å². The fraction of sp³-hybridized carbons (Fsp3) is 0.189. The number of nitrogens with zero attached hydrogens (tertiary/aromatic N) is 11. The second-order valence-electron chi connectivity index (χ2n) is 25.9. The Kier molecular flexibility index (Phi) is 29.5. The minimum absolute atomic E-state index is 0.0129. The Balaban J connectivity index is 0.000000171. The molecule has 19 nitrogen and oxygen atoms in total. The first kappa shape index (κ1) is 82.6. The van der Waals surface area contributed by atoms with Crippen LogP contribution in [0.1, 0.15) is 123 Å². The van der Waals surface area contributed by atoms with Crippen LogP contribution in [0.5, 0.6) is 0 Å². The standard InChI is InChI=1S/C23H21FN2O2.C23H23N3O2.2C22H20FN3O2/c1-3-23(28)26(2)21-9-8-19(15-20(21)24)17-4-6-18(7-5-17)22(27)14-16-10-12-25-13-11-16;1-4-23(28)26(3)21-8-6-18(13-16(21)2)20-7-5-19(15-25-20)22(27)14-17-9-11-24-12-10-17;1-3-22(28)26(2)20-7-5-16(13-18(20)23)19-6-4-17(14-25-19)21(27)12-15-8-10-24-11-9-15;1-3-22(28)26(2)20-7-5-16(13-18(20)23)17-4-6-19(25-14-17)21(27)12-15-8-10-24-11-9-15/h4-13,15H,3,14H2,1-2H3;5-13,15H,4,14H2,1-3H3;2*4-11,13-14H,3,12H2,1-2H3. The first-order valence-electron chi connectivity index (χ1n) is 36.2. The molecular weight excluding hydrogens is 1420 g/mol. The lowest BCUT2D eigenvalue weighted by Crippen LogP contribution is -2.25. The van der Waals surface area contributed by atoms with Gasteiger partial charge in [-0.25, -0.2) is 13.2 Å². The maximum atomic E-state index is 14.5. The van der Waals surface area contributed by atoms with Gasteiger partial charge in [0.2, 0.25) is 23.6 Å². The van der Waals surface area contributed by atoms with E-state index in [1.54, 1.807) is 225 Å². The average Bonchev–Trinajstić information content (AvgIpc) is 0.830. The Morgan fingerprint density at radius 3 is 0.920 bits per heavy atom. The summed E-state index contributed by atoms with van der Waals surface area (Å²) >= 11 is 0. The number of pyridine rings is 7. The third kappa shape index (κ3) is 22.3. The number of aromatic nitrogens is 7. The maximum absolute atomic E-state index is 14.5. The Hall–Kier alpha value is -13.5. The van der Waals surface area contributed by atoms with Crippen LogP contribution >= 0.6 is 0 Å². The fourth-order valence-corrected chi connectivity index (χ4v) is 11.7. The van der Waals surface area contributed by atoms with Crippen molar-refractivity contribution in [3.05, 3.63) is 318 Å². The van der Waals surface area contributed by atoms with Crippen molar-refractivity contribution in [1.29, 1.82) is 0 Å². The zero-order valence-corrected chi connectivity index (χ0v) is 63.6.